The maximum Gasteiger partial charge on any atom is 0.255 e. The van der Waals surface area contributed by atoms with Gasteiger partial charge in [0.15, 0.2) is 11.6 Å². The highest BCUT2D eigenvalue weighted by atomic mass is 35.5. The number of rotatable bonds is 6. The molecule has 0 saturated heterocycles. The number of carbonyl (C=O) groups is 1. The van der Waals surface area contributed by atoms with Gasteiger partial charge in [-0.25, -0.2) is 9.37 Å². The molecule has 1 N–H and O–H groups in total. The smallest absolute Gasteiger partial charge is 0.255 e. The lowest BCUT2D eigenvalue weighted by Gasteiger charge is -2.20. The molecule has 0 spiro atoms. The Morgan fingerprint density at radius 2 is 1.74 bits per heavy atom. The Hall–Kier alpha value is -2.63. The predicted octanol–water partition coefficient (Wildman–Crippen LogP) is 5.08. The number of carbonyl (C=O) groups excluding carboxylic acids is 1. The van der Waals surface area contributed by atoms with Crippen LogP contribution in [0.25, 0.3) is 0 Å². The molecule has 0 aliphatic heterocycles. The first-order chi connectivity index (χ1) is 13.0. The minimum Gasteiger partial charge on any atom is -0.488 e. The van der Waals surface area contributed by atoms with Gasteiger partial charge in [0.25, 0.3) is 5.91 Å². The van der Waals surface area contributed by atoms with E-state index < -0.39 is 17.8 Å². The Morgan fingerprint density at radius 3 is 2.44 bits per heavy atom. The SMILES string of the molecule is O=C(NC(COc1ccccc1F)c1ccccc1)c1ccc(Cl)nc1Cl. The maximum atomic E-state index is 13.8. The Kier molecular flexibility index (Phi) is 6.27. The van der Waals surface area contributed by atoms with Gasteiger partial charge >= 0.3 is 0 Å². The number of aromatic nitrogens is 1. The number of para-hydroxylation sites is 1. The Balaban J connectivity index is 1.80. The van der Waals surface area contributed by atoms with Gasteiger partial charge in [0.05, 0.1) is 11.6 Å². The van der Waals surface area contributed by atoms with Crippen molar-refractivity contribution in [3.63, 3.8) is 0 Å². The van der Waals surface area contributed by atoms with Crippen LogP contribution in [0.5, 0.6) is 5.75 Å². The molecule has 7 heteroatoms. The van der Waals surface area contributed by atoms with E-state index in [0.29, 0.717) is 0 Å². The molecule has 1 unspecified atom stereocenters. The summed E-state index contributed by atoms with van der Waals surface area (Å²) in [5, 5.41) is 3.04. The standard InChI is InChI=1S/C20H15Cl2FN2O2/c21-18-11-10-14(19(22)25-18)20(26)24-16(13-6-2-1-3-7-13)12-27-17-9-5-4-8-15(17)23/h1-11,16H,12H2,(H,24,26). The molecule has 0 radical (unpaired) electrons. The van der Waals surface area contributed by atoms with Crippen LogP contribution in [0.1, 0.15) is 22.0 Å². The number of nitrogens with one attached hydrogen (secondary N) is 1. The normalized spacial score (nSPS) is 11.7. The molecule has 2 aromatic carbocycles. The van der Waals surface area contributed by atoms with E-state index in [1.165, 1.54) is 24.3 Å². The zero-order valence-electron chi connectivity index (χ0n) is 14.0. The van der Waals surface area contributed by atoms with Crippen molar-refractivity contribution in [1.29, 1.82) is 0 Å². The van der Waals surface area contributed by atoms with Crippen LogP contribution in [0.15, 0.2) is 66.7 Å². The molecule has 0 saturated carbocycles. The Morgan fingerprint density at radius 1 is 1.04 bits per heavy atom. The second-order valence-electron chi connectivity index (χ2n) is 5.65. The van der Waals surface area contributed by atoms with Crippen LogP contribution in [-0.2, 0) is 0 Å². The average molecular weight is 405 g/mol. The summed E-state index contributed by atoms with van der Waals surface area (Å²) in [6.45, 7) is 0.0370. The van der Waals surface area contributed by atoms with Gasteiger partial charge in [-0.2, -0.15) is 0 Å². The van der Waals surface area contributed by atoms with Gasteiger partial charge in [0.2, 0.25) is 0 Å². The third-order valence-corrected chi connectivity index (χ3v) is 4.31. The molecule has 3 rings (SSSR count). The van der Waals surface area contributed by atoms with Crippen molar-refractivity contribution in [2.75, 3.05) is 6.61 Å². The molecule has 0 aliphatic rings. The number of amides is 1. The minimum absolute atomic E-state index is 0.00170. The number of nitrogens with zero attached hydrogens (tertiary/aromatic N) is 1. The highest BCUT2D eigenvalue weighted by Gasteiger charge is 2.19. The number of hydrogen-bond donors (Lipinski definition) is 1. The van der Waals surface area contributed by atoms with Crippen LogP contribution in [0.2, 0.25) is 10.3 Å². The summed E-state index contributed by atoms with van der Waals surface area (Å²) < 4.78 is 19.4. The number of halogens is 3. The van der Waals surface area contributed by atoms with Gasteiger partial charge in [-0.05, 0) is 29.8 Å². The van der Waals surface area contributed by atoms with E-state index in [2.05, 4.69) is 10.3 Å². The summed E-state index contributed by atoms with van der Waals surface area (Å²) in [5.41, 5.74) is 0.994. The zero-order valence-corrected chi connectivity index (χ0v) is 15.5. The van der Waals surface area contributed by atoms with Gasteiger partial charge in [-0.15, -0.1) is 0 Å². The second kappa shape index (κ2) is 8.84. The lowest BCUT2D eigenvalue weighted by Crippen LogP contribution is -2.32. The molecular formula is C20H15Cl2FN2O2. The van der Waals surface area contributed by atoms with Crippen molar-refractivity contribution in [1.82, 2.24) is 10.3 Å². The van der Waals surface area contributed by atoms with Crippen LogP contribution < -0.4 is 10.1 Å². The Labute approximate surface area is 165 Å². The molecule has 4 nitrogen and oxygen atoms in total. The summed E-state index contributed by atoms with van der Waals surface area (Å²) >= 11 is 11.8. The van der Waals surface area contributed by atoms with Crippen LogP contribution in [0.4, 0.5) is 4.39 Å². The first-order valence-electron chi connectivity index (χ1n) is 8.10. The van der Waals surface area contributed by atoms with E-state index in [9.17, 15) is 9.18 Å². The highest BCUT2D eigenvalue weighted by molar-refractivity contribution is 6.34. The molecule has 0 aliphatic carbocycles. The van der Waals surface area contributed by atoms with Gasteiger partial charge in [0, 0.05) is 0 Å². The van der Waals surface area contributed by atoms with E-state index in [0.717, 1.165) is 5.56 Å². The van der Waals surface area contributed by atoms with Gasteiger partial charge in [0.1, 0.15) is 16.9 Å². The Bertz CT molecular complexity index is 938. The molecule has 138 valence electrons. The minimum atomic E-state index is -0.523. The molecular weight excluding hydrogens is 390 g/mol. The van der Waals surface area contributed by atoms with E-state index in [-0.39, 0.29) is 28.2 Å². The van der Waals surface area contributed by atoms with Gasteiger partial charge < -0.3 is 10.1 Å². The maximum absolute atomic E-state index is 13.8. The zero-order chi connectivity index (χ0) is 19.2. The van der Waals surface area contributed by atoms with Crippen LogP contribution in [-0.4, -0.2) is 17.5 Å². The molecule has 1 atom stereocenters. The van der Waals surface area contributed by atoms with Crippen LogP contribution in [0.3, 0.4) is 0 Å². The molecule has 27 heavy (non-hydrogen) atoms. The molecule has 0 bridgehead atoms. The predicted molar refractivity (Wildman–Crippen MR) is 103 cm³/mol. The number of benzene rings is 2. The number of ether oxygens (including phenoxy) is 1. The van der Waals surface area contributed by atoms with E-state index in [1.54, 1.807) is 12.1 Å². The van der Waals surface area contributed by atoms with Crippen LogP contribution in [0, 0.1) is 5.82 Å². The van der Waals surface area contributed by atoms with Crippen molar-refractivity contribution < 1.29 is 13.9 Å². The van der Waals surface area contributed by atoms with E-state index in [1.807, 2.05) is 30.3 Å². The second-order valence-corrected chi connectivity index (χ2v) is 6.40. The average Bonchev–Trinajstić information content (AvgIpc) is 2.66. The van der Waals surface area contributed by atoms with Crippen molar-refractivity contribution in [3.8, 4) is 5.75 Å². The largest absolute Gasteiger partial charge is 0.488 e. The molecule has 3 aromatic rings. The van der Waals surface area contributed by atoms with Crippen molar-refractivity contribution >= 4 is 29.1 Å². The quantitative estimate of drug-likeness (QED) is 0.582. The highest BCUT2D eigenvalue weighted by Crippen LogP contribution is 2.21. The summed E-state index contributed by atoms with van der Waals surface area (Å²) in [7, 11) is 0. The lowest BCUT2D eigenvalue weighted by molar-refractivity contribution is 0.0920. The third-order valence-electron chi connectivity index (χ3n) is 3.81. The first-order valence-corrected chi connectivity index (χ1v) is 8.85. The monoisotopic (exact) mass is 404 g/mol. The summed E-state index contributed by atoms with van der Waals surface area (Å²) in [6.07, 6.45) is 0. The fourth-order valence-electron chi connectivity index (χ4n) is 2.46. The fraction of sp³-hybridized carbons (Fsp3) is 0.100. The van der Waals surface area contributed by atoms with E-state index >= 15 is 0 Å². The van der Waals surface area contributed by atoms with Gasteiger partial charge in [-0.3, -0.25) is 4.79 Å². The molecule has 1 amide bonds. The molecule has 0 fully saturated rings. The number of hydrogen-bond acceptors (Lipinski definition) is 3. The van der Waals surface area contributed by atoms with Gasteiger partial charge in [-0.1, -0.05) is 65.7 Å². The first kappa shape index (κ1) is 19.1. The summed E-state index contributed by atoms with van der Waals surface area (Å²) in [5.74, 6) is -0.797. The molecule has 1 aromatic heterocycles. The van der Waals surface area contributed by atoms with Crippen LogP contribution >= 0.6 is 23.2 Å². The van der Waals surface area contributed by atoms with Crippen molar-refractivity contribution in [2.24, 2.45) is 0 Å². The van der Waals surface area contributed by atoms with Crippen molar-refractivity contribution in [2.45, 2.75) is 6.04 Å². The summed E-state index contributed by atoms with van der Waals surface area (Å²) in [4.78, 5) is 16.5. The lowest BCUT2D eigenvalue weighted by atomic mass is 10.1. The molecule has 1 heterocycles. The third kappa shape index (κ3) is 4.96. The number of pyridine rings is 1. The summed E-state index contributed by atoms with van der Waals surface area (Å²) in [6, 6.07) is 17.8. The topological polar surface area (TPSA) is 51.2 Å². The van der Waals surface area contributed by atoms with E-state index in [4.69, 9.17) is 27.9 Å². The van der Waals surface area contributed by atoms with Crippen molar-refractivity contribution in [3.05, 3.63) is 94.0 Å². The fourth-order valence-corrected chi connectivity index (χ4v) is 2.89.